The van der Waals surface area contributed by atoms with E-state index in [0.29, 0.717) is 12.1 Å². The van der Waals surface area contributed by atoms with Crippen molar-refractivity contribution in [2.24, 2.45) is 5.92 Å². The fourth-order valence-corrected chi connectivity index (χ4v) is 2.44. The minimum Gasteiger partial charge on any atom is -0.307 e. The lowest BCUT2D eigenvalue weighted by molar-refractivity contribution is 0.448. The van der Waals surface area contributed by atoms with Crippen molar-refractivity contribution < 1.29 is 0 Å². The van der Waals surface area contributed by atoms with Crippen molar-refractivity contribution in [3.63, 3.8) is 0 Å². The van der Waals surface area contributed by atoms with Crippen LogP contribution in [0.25, 0.3) is 0 Å². The average Bonchev–Trinajstić information content (AvgIpc) is 2.65. The molecule has 2 heteroatoms. The summed E-state index contributed by atoms with van der Waals surface area (Å²) in [6, 6.07) is 5.28. The monoisotopic (exact) mass is 204 g/mol. The third-order valence-electron chi connectivity index (χ3n) is 3.36. The SMILES string of the molecule is CC1CCC(N[C@@H](C)c2cccnc2)C1. The first-order chi connectivity index (χ1) is 7.25. The maximum atomic E-state index is 4.16. The molecule has 0 spiro atoms. The lowest BCUT2D eigenvalue weighted by Gasteiger charge is -2.19. The summed E-state index contributed by atoms with van der Waals surface area (Å²) in [5.74, 6) is 0.892. The Morgan fingerprint density at radius 2 is 2.33 bits per heavy atom. The van der Waals surface area contributed by atoms with Gasteiger partial charge >= 0.3 is 0 Å². The number of pyridine rings is 1. The zero-order valence-corrected chi connectivity index (χ0v) is 9.61. The van der Waals surface area contributed by atoms with E-state index in [1.807, 2.05) is 18.5 Å². The molecule has 1 N–H and O–H groups in total. The van der Waals surface area contributed by atoms with Gasteiger partial charge in [0.2, 0.25) is 0 Å². The fourth-order valence-electron chi connectivity index (χ4n) is 2.44. The molecule has 1 fully saturated rings. The molecular weight excluding hydrogens is 184 g/mol. The first-order valence-corrected chi connectivity index (χ1v) is 5.91. The van der Waals surface area contributed by atoms with Crippen molar-refractivity contribution in [2.75, 3.05) is 0 Å². The van der Waals surface area contributed by atoms with E-state index in [1.165, 1.54) is 24.8 Å². The van der Waals surface area contributed by atoms with Gasteiger partial charge in [-0.3, -0.25) is 4.98 Å². The van der Waals surface area contributed by atoms with Crippen molar-refractivity contribution in [2.45, 2.75) is 45.2 Å². The number of rotatable bonds is 3. The summed E-state index contributed by atoms with van der Waals surface area (Å²) >= 11 is 0. The van der Waals surface area contributed by atoms with Crippen LogP contribution in [0.2, 0.25) is 0 Å². The highest BCUT2D eigenvalue weighted by atomic mass is 15.0. The van der Waals surface area contributed by atoms with Crippen LogP contribution in [0.4, 0.5) is 0 Å². The summed E-state index contributed by atoms with van der Waals surface area (Å²) in [7, 11) is 0. The molecule has 1 aliphatic rings. The Morgan fingerprint density at radius 3 is 2.93 bits per heavy atom. The molecule has 0 saturated heterocycles. The maximum absolute atomic E-state index is 4.16. The summed E-state index contributed by atoms with van der Waals surface area (Å²) in [6.45, 7) is 4.57. The molecule has 0 amide bonds. The summed E-state index contributed by atoms with van der Waals surface area (Å²) in [4.78, 5) is 4.16. The van der Waals surface area contributed by atoms with Gasteiger partial charge in [0, 0.05) is 24.5 Å². The predicted molar refractivity (Wildman–Crippen MR) is 62.6 cm³/mol. The van der Waals surface area contributed by atoms with E-state index in [-0.39, 0.29) is 0 Å². The Morgan fingerprint density at radius 1 is 1.47 bits per heavy atom. The van der Waals surface area contributed by atoms with Crippen molar-refractivity contribution in [3.8, 4) is 0 Å². The largest absolute Gasteiger partial charge is 0.307 e. The van der Waals surface area contributed by atoms with Crippen LogP contribution in [-0.2, 0) is 0 Å². The van der Waals surface area contributed by atoms with Gasteiger partial charge < -0.3 is 5.32 Å². The number of nitrogens with zero attached hydrogens (tertiary/aromatic N) is 1. The minimum atomic E-state index is 0.425. The van der Waals surface area contributed by atoms with Crippen LogP contribution >= 0.6 is 0 Å². The first kappa shape index (κ1) is 10.6. The molecule has 1 saturated carbocycles. The van der Waals surface area contributed by atoms with Crippen LogP contribution in [0.5, 0.6) is 0 Å². The molecule has 2 unspecified atom stereocenters. The molecule has 1 aromatic heterocycles. The maximum Gasteiger partial charge on any atom is 0.0315 e. The van der Waals surface area contributed by atoms with E-state index >= 15 is 0 Å². The lowest BCUT2D eigenvalue weighted by Crippen LogP contribution is -2.29. The third-order valence-corrected chi connectivity index (χ3v) is 3.36. The molecule has 2 nitrogen and oxygen atoms in total. The van der Waals surface area contributed by atoms with Gasteiger partial charge in [-0.15, -0.1) is 0 Å². The van der Waals surface area contributed by atoms with Gasteiger partial charge in [-0.25, -0.2) is 0 Å². The molecule has 1 aromatic rings. The molecule has 82 valence electrons. The van der Waals surface area contributed by atoms with Crippen LogP contribution in [0.15, 0.2) is 24.5 Å². The number of hydrogen-bond donors (Lipinski definition) is 1. The molecule has 15 heavy (non-hydrogen) atoms. The van der Waals surface area contributed by atoms with Gasteiger partial charge in [0.1, 0.15) is 0 Å². The Kier molecular flexibility index (Phi) is 3.37. The van der Waals surface area contributed by atoms with Crippen LogP contribution in [0, 0.1) is 5.92 Å². The Bertz CT molecular complexity index is 297. The Balaban J connectivity index is 1.90. The molecule has 0 aromatic carbocycles. The molecular formula is C13H20N2. The van der Waals surface area contributed by atoms with Gasteiger partial charge in [0.25, 0.3) is 0 Å². The third kappa shape index (κ3) is 2.78. The Hall–Kier alpha value is -0.890. The molecule has 0 aliphatic heterocycles. The van der Waals surface area contributed by atoms with Crippen LogP contribution in [0.1, 0.15) is 44.7 Å². The molecule has 2 rings (SSSR count). The zero-order chi connectivity index (χ0) is 10.7. The molecule has 0 radical (unpaired) electrons. The minimum absolute atomic E-state index is 0.425. The van der Waals surface area contributed by atoms with Gasteiger partial charge in [0.15, 0.2) is 0 Å². The molecule has 1 heterocycles. The summed E-state index contributed by atoms with van der Waals surface area (Å²) in [6.07, 6.45) is 7.80. The van der Waals surface area contributed by atoms with E-state index in [9.17, 15) is 0 Å². The van der Waals surface area contributed by atoms with E-state index in [1.54, 1.807) is 0 Å². The van der Waals surface area contributed by atoms with Crippen LogP contribution < -0.4 is 5.32 Å². The number of nitrogens with one attached hydrogen (secondary N) is 1. The second-order valence-corrected chi connectivity index (χ2v) is 4.79. The van der Waals surface area contributed by atoms with Crippen molar-refractivity contribution >= 4 is 0 Å². The quantitative estimate of drug-likeness (QED) is 0.819. The molecule has 3 atom stereocenters. The van der Waals surface area contributed by atoms with E-state index in [4.69, 9.17) is 0 Å². The lowest BCUT2D eigenvalue weighted by atomic mass is 10.1. The molecule has 1 aliphatic carbocycles. The van der Waals surface area contributed by atoms with Gasteiger partial charge in [0.05, 0.1) is 0 Å². The standard InChI is InChI=1S/C13H20N2/c1-10-5-6-13(8-10)15-11(2)12-4-3-7-14-9-12/h3-4,7,9-11,13,15H,5-6,8H2,1-2H3/t10?,11-,13?/m0/s1. The highest BCUT2D eigenvalue weighted by molar-refractivity contribution is 5.13. The number of hydrogen-bond acceptors (Lipinski definition) is 2. The summed E-state index contributed by atoms with van der Waals surface area (Å²) in [5, 5.41) is 3.69. The fraction of sp³-hybridized carbons (Fsp3) is 0.615. The van der Waals surface area contributed by atoms with Gasteiger partial charge in [-0.05, 0) is 43.7 Å². The van der Waals surface area contributed by atoms with E-state index in [0.717, 1.165) is 5.92 Å². The van der Waals surface area contributed by atoms with Crippen molar-refractivity contribution in [3.05, 3.63) is 30.1 Å². The van der Waals surface area contributed by atoms with Crippen molar-refractivity contribution in [1.82, 2.24) is 10.3 Å². The highest BCUT2D eigenvalue weighted by Crippen LogP contribution is 2.26. The summed E-state index contributed by atoms with van der Waals surface area (Å²) < 4.78 is 0. The first-order valence-electron chi connectivity index (χ1n) is 5.91. The topological polar surface area (TPSA) is 24.9 Å². The molecule has 0 bridgehead atoms. The van der Waals surface area contributed by atoms with Crippen LogP contribution in [0.3, 0.4) is 0 Å². The van der Waals surface area contributed by atoms with Gasteiger partial charge in [-0.2, -0.15) is 0 Å². The average molecular weight is 204 g/mol. The Labute approximate surface area is 92.1 Å². The highest BCUT2D eigenvalue weighted by Gasteiger charge is 2.22. The van der Waals surface area contributed by atoms with E-state index in [2.05, 4.69) is 30.2 Å². The van der Waals surface area contributed by atoms with Gasteiger partial charge in [-0.1, -0.05) is 13.0 Å². The predicted octanol–water partition coefficient (Wildman–Crippen LogP) is 2.92. The number of aromatic nitrogens is 1. The van der Waals surface area contributed by atoms with E-state index < -0.39 is 0 Å². The van der Waals surface area contributed by atoms with Crippen LogP contribution in [-0.4, -0.2) is 11.0 Å². The smallest absolute Gasteiger partial charge is 0.0315 e. The van der Waals surface area contributed by atoms with Crippen molar-refractivity contribution in [1.29, 1.82) is 0 Å². The summed E-state index contributed by atoms with van der Waals surface area (Å²) in [5.41, 5.74) is 1.29. The second kappa shape index (κ2) is 4.75. The normalized spacial score (nSPS) is 27.9. The zero-order valence-electron chi connectivity index (χ0n) is 9.61. The second-order valence-electron chi connectivity index (χ2n) is 4.79.